The number of ketones is 1. The lowest BCUT2D eigenvalue weighted by Gasteiger charge is -2.05. The third-order valence-corrected chi connectivity index (χ3v) is 4.32. The van der Waals surface area contributed by atoms with Crippen molar-refractivity contribution in [3.63, 3.8) is 0 Å². The van der Waals surface area contributed by atoms with E-state index < -0.39 is 0 Å². The molecule has 0 atom stereocenters. The Balaban J connectivity index is 1.94. The lowest BCUT2D eigenvalue weighted by atomic mass is 10.0. The Labute approximate surface area is 142 Å². The van der Waals surface area contributed by atoms with Gasteiger partial charge in [0.15, 0.2) is 5.78 Å². The van der Waals surface area contributed by atoms with E-state index in [9.17, 15) is 4.79 Å². The number of hydrogen-bond acceptors (Lipinski definition) is 3. The highest BCUT2D eigenvalue weighted by Crippen LogP contribution is 2.36. The zero-order chi connectivity index (χ0) is 17.1. The minimum Gasteiger partial charge on any atom is -0.497 e. The van der Waals surface area contributed by atoms with Crippen LogP contribution in [0.25, 0.3) is 11.6 Å². The van der Waals surface area contributed by atoms with E-state index in [4.69, 9.17) is 9.47 Å². The second-order valence-electron chi connectivity index (χ2n) is 5.77. The summed E-state index contributed by atoms with van der Waals surface area (Å²) in [5, 5.41) is 0. The Morgan fingerprint density at radius 1 is 0.875 bits per heavy atom. The van der Waals surface area contributed by atoms with Crippen LogP contribution in [0.4, 0.5) is 0 Å². The molecule has 0 aliphatic heterocycles. The topological polar surface area (TPSA) is 35.5 Å². The fourth-order valence-corrected chi connectivity index (χ4v) is 2.96. The average molecular weight is 320 g/mol. The molecule has 0 saturated carbocycles. The minimum absolute atomic E-state index is 0.164. The quantitative estimate of drug-likeness (QED) is 0.830. The van der Waals surface area contributed by atoms with Crippen LogP contribution >= 0.6 is 0 Å². The van der Waals surface area contributed by atoms with Crippen LogP contribution in [0.15, 0.2) is 59.7 Å². The van der Waals surface area contributed by atoms with Crippen LogP contribution in [-0.4, -0.2) is 20.0 Å². The summed E-state index contributed by atoms with van der Waals surface area (Å²) in [5.41, 5.74) is 4.92. The third kappa shape index (κ3) is 3.11. The molecule has 3 rings (SSSR count). The number of methoxy groups -OCH3 is 2. The molecule has 0 bridgehead atoms. The first-order valence-corrected chi connectivity index (χ1v) is 7.86. The fourth-order valence-electron chi connectivity index (χ4n) is 2.96. The summed E-state index contributed by atoms with van der Waals surface area (Å²) >= 11 is 0. The van der Waals surface area contributed by atoms with Gasteiger partial charge >= 0.3 is 0 Å². The highest BCUT2D eigenvalue weighted by molar-refractivity contribution is 6.26. The summed E-state index contributed by atoms with van der Waals surface area (Å²) < 4.78 is 10.4. The molecule has 3 nitrogen and oxygen atoms in total. The van der Waals surface area contributed by atoms with Crippen molar-refractivity contribution in [2.45, 2.75) is 13.3 Å². The maximum absolute atomic E-state index is 12.5. The van der Waals surface area contributed by atoms with Crippen molar-refractivity contribution < 1.29 is 14.3 Å². The van der Waals surface area contributed by atoms with E-state index in [1.165, 1.54) is 0 Å². The van der Waals surface area contributed by atoms with Gasteiger partial charge in [0.2, 0.25) is 0 Å². The summed E-state index contributed by atoms with van der Waals surface area (Å²) in [6.45, 7) is 2.01. The summed E-state index contributed by atoms with van der Waals surface area (Å²) in [4.78, 5) is 12.5. The van der Waals surface area contributed by atoms with Crippen molar-refractivity contribution in [2.75, 3.05) is 14.2 Å². The van der Waals surface area contributed by atoms with Gasteiger partial charge < -0.3 is 9.47 Å². The Morgan fingerprint density at radius 3 is 1.96 bits per heavy atom. The van der Waals surface area contributed by atoms with Crippen molar-refractivity contribution in [1.29, 1.82) is 0 Å². The first-order chi connectivity index (χ1) is 11.6. The van der Waals surface area contributed by atoms with Crippen LogP contribution < -0.4 is 9.47 Å². The van der Waals surface area contributed by atoms with Gasteiger partial charge in [0, 0.05) is 12.0 Å². The Hall–Kier alpha value is -2.81. The number of rotatable bonds is 4. The van der Waals surface area contributed by atoms with Crippen LogP contribution in [-0.2, 0) is 4.79 Å². The Kier molecular flexibility index (Phi) is 4.52. The van der Waals surface area contributed by atoms with E-state index in [1.807, 2.05) is 55.5 Å². The van der Waals surface area contributed by atoms with Crippen molar-refractivity contribution >= 4 is 17.4 Å². The molecule has 0 saturated heterocycles. The number of ether oxygens (including phenoxy) is 2. The second kappa shape index (κ2) is 6.75. The van der Waals surface area contributed by atoms with E-state index in [0.717, 1.165) is 39.3 Å². The number of carbonyl (C=O) groups excluding carboxylic acids is 1. The zero-order valence-electron chi connectivity index (χ0n) is 14.1. The van der Waals surface area contributed by atoms with Crippen LogP contribution in [0, 0.1) is 0 Å². The van der Waals surface area contributed by atoms with Crippen molar-refractivity contribution in [1.82, 2.24) is 0 Å². The maximum atomic E-state index is 12.5. The van der Waals surface area contributed by atoms with Gasteiger partial charge in [0.25, 0.3) is 0 Å². The molecule has 122 valence electrons. The lowest BCUT2D eigenvalue weighted by molar-refractivity contribution is -0.112. The van der Waals surface area contributed by atoms with Crippen molar-refractivity contribution in [2.24, 2.45) is 0 Å². The summed E-state index contributed by atoms with van der Waals surface area (Å²) in [6.07, 6.45) is 2.52. The van der Waals surface area contributed by atoms with E-state index in [-0.39, 0.29) is 5.78 Å². The molecule has 0 unspecified atom stereocenters. The number of hydrogen-bond donors (Lipinski definition) is 0. The molecule has 0 fully saturated rings. The van der Waals surface area contributed by atoms with E-state index in [2.05, 4.69) is 6.08 Å². The molecule has 1 aliphatic rings. The zero-order valence-corrected chi connectivity index (χ0v) is 14.1. The van der Waals surface area contributed by atoms with Gasteiger partial charge in [-0.2, -0.15) is 0 Å². The molecule has 1 aliphatic carbocycles. The molecular weight excluding hydrogens is 300 g/mol. The second-order valence-corrected chi connectivity index (χ2v) is 5.77. The minimum atomic E-state index is 0.164. The predicted octanol–water partition coefficient (Wildman–Crippen LogP) is 4.53. The molecule has 0 heterocycles. The van der Waals surface area contributed by atoms with E-state index in [0.29, 0.717) is 6.42 Å². The van der Waals surface area contributed by atoms with Crippen LogP contribution in [0.5, 0.6) is 11.5 Å². The van der Waals surface area contributed by atoms with Gasteiger partial charge in [-0.3, -0.25) is 4.79 Å². The summed E-state index contributed by atoms with van der Waals surface area (Å²) in [6, 6.07) is 15.5. The molecule has 24 heavy (non-hydrogen) atoms. The fraction of sp³-hybridized carbons (Fsp3) is 0.190. The summed E-state index contributed by atoms with van der Waals surface area (Å²) in [7, 11) is 3.28. The highest BCUT2D eigenvalue weighted by Gasteiger charge is 2.25. The van der Waals surface area contributed by atoms with Gasteiger partial charge in [0.1, 0.15) is 11.5 Å². The summed E-state index contributed by atoms with van der Waals surface area (Å²) in [5.74, 6) is 1.78. The molecular formula is C21H20O3. The van der Waals surface area contributed by atoms with Gasteiger partial charge in [-0.25, -0.2) is 0 Å². The number of carbonyl (C=O) groups is 1. The largest absolute Gasteiger partial charge is 0.497 e. The molecule has 2 aromatic rings. The maximum Gasteiger partial charge on any atom is 0.168 e. The smallest absolute Gasteiger partial charge is 0.168 e. The average Bonchev–Trinajstić information content (AvgIpc) is 2.89. The van der Waals surface area contributed by atoms with Crippen molar-refractivity contribution in [3.8, 4) is 11.5 Å². The third-order valence-electron chi connectivity index (χ3n) is 4.32. The number of Topliss-reactive ketones (excluding diaryl/α,β-unsaturated/α-hetero) is 1. The first kappa shape index (κ1) is 16.1. The van der Waals surface area contributed by atoms with Gasteiger partial charge in [-0.1, -0.05) is 30.3 Å². The molecule has 2 aromatic carbocycles. The van der Waals surface area contributed by atoms with Gasteiger partial charge in [0.05, 0.1) is 14.2 Å². The van der Waals surface area contributed by atoms with Crippen LogP contribution in [0.3, 0.4) is 0 Å². The molecule has 0 aromatic heterocycles. The van der Waals surface area contributed by atoms with E-state index >= 15 is 0 Å². The van der Waals surface area contributed by atoms with Gasteiger partial charge in [-0.05, 0) is 53.5 Å². The Bertz CT molecular complexity index is 809. The van der Waals surface area contributed by atoms with Gasteiger partial charge in [-0.15, -0.1) is 0 Å². The molecule has 0 amide bonds. The normalized spacial score (nSPS) is 16.0. The lowest BCUT2D eigenvalue weighted by Crippen LogP contribution is -1.95. The highest BCUT2D eigenvalue weighted by atomic mass is 16.5. The van der Waals surface area contributed by atoms with Crippen molar-refractivity contribution in [3.05, 3.63) is 70.8 Å². The first-order valence-electron chi connectivity index (χ1n) is 7.86. The number of benzene rings is 2. The molecule has 0 radical (unpaired) electrons. The van der Waals surface area contributed by atoms with Crippen LogP contribution in [0.1, 0.15) is 24.5 Å². The monoisotopic (exact) mass is 320 g/mol. The predicted molar refractivity (Wildman–Crippen MR) is 96.2 cm³/mol. The molecule has 0 spiro atoms. The molecule has 0 N–H and O–H groups in total. The van der Waals surface area contributed by atoms with E-state index in [1.54, 1.807) is 14.2 Å². The van der Waals surface area contributed by atoms with Crippen LogP contribution in [0.2, 0.25) is 0 Å². The Morgan fingerprint density at radius 2 is 1.42 bits per heavy atom. The standard InChI is InChI=1S/C21H20O3/c1-14-17(12-15-4-8-18(23-2)9-5-15)13-20(22)21(14)16-6-10-19(24-3)11-7-16/h4-12H,13H2,1-3H3/b17-12-. The molecule has 3 heteroatoms. The SMILES string of the molecule is COc1ccc(/C=C2/CC(=O)C(c3ccc(OC)cc3)=C2C)cc1. The number of allylic oxidation sites excluding steroid dienone is 3.